The number of nitrogens with one attached hydrogen (secondary N) is 1. The van der Waals surface area contributed by atoms with E-state index in [9.17, 15) is 13.2 Å². The van der Waals surface area contributed by atoms with Crippen molar-refractivity contribution >= 4 is 15.7 Å². The van der Waals surface area contributed by atoms with Crippen LogP contribution >= 0.6 is 0 Å². The van der Waals surface area contributed by atoms with Crippen molar-refractivity contribution < 1.29 is 22.2 Å². The van der Waals surface area contributed by atoms with Gasteiger partial charge in [-0.15, -0.1) is 10.2 Å². The van der Waals surface area contributed by atoms with Crippen molar-refractivity contribution in [3.05, 3.63) is 53.9 Å². The summed E-state index contributed by atoms with van der Waals surface area (Å²) in [5.74, 6) is 0.697. The quantitative estimate of drug-likeness (QED) is 0.649. The van der Waals surface area contributed by atoms with Crippen LogP contribution in [0.2, 0.25) is 0 Å². The van der Waals surface area contributed by atoms with Gasteiger partial charge in [-0.3, -0.25) is 4.79 Å². The Balaban J connectivity index is 1.33. The summed E-state index contributed by atoms with van der Waals surface area (Å²) in [4.78, 5) is 12.4. The van der Waals surface area contributed by atoms with Gasteiger partial charge in [-0.1, -0.05) is 35.5 Å². The lowest BCUT2D eigenvalue weighted by molar-refractivity contribution is 0.0894. The van der Waals surface area contributed by atoms with Crippen molar-refractivity contribution in [2.24, 2.45) is 0 Å². The largest absolute Gasteiger partial charge is 0.424 e. The molecule has 152 valence electrons. The molecule has 4 rings (SSSR count). The predicted octanol–water partition coefficient (Wildman–Crippen LogP) is 2.51. The fourth-order valence-corrected chi connectivity index (χ4v) is 3.54. The van der Waals surface area contributed by atoms with Gasteiger partial charge >= 0.3 is 0 Å². The zero-order chi connectivity index (χ0) is 20.6. The fraction of sp³-hybridized carbons (Fsp3) is 0.368. The summed E-state index contributed by atoms with van der Waals surface area (Å²) in [5, 5.41) is 13.7. The number of aromatic nitrogens is 3. The van der Waals surface area contributed by atoms with Gasteiger partial charge in [-0.05, 0) is 19.8 Å². The third-order valence-corrected chi connectivity index (χ3v) is 6.56. The van der Waals surface area contributed by atoms with Crippen molar-refractivity contribution in [3.8, 4) is 11.3 Å². The number of rotatable bonds is 6. The van der Waals surface area contributed by atoms with E-state index in [0.29, 0.717) is 24.5 Å². The molecule has 29 heavy (non-hydrogen) atoms. The minimum atomic E-state index is -3.30. The normalized spacial score (nSPS) is 20.1. The van der Waals surface area contributed by atoms with Crippen LogP contribution in [0.25, 0.3) is 11.3 Å². The van der Waals surface area contributed by atoms with E-state index in [1.54, 1.807) is 6.07 Å². The number of benzene rings is 1. The molecule has 0 unspecified atom stereocenters. The molecule has 1 aromatic carbocycles. The van der Waals surface area contributed by atoms with Crippen LogP contribution in [0.5, 0.6) is 0 Å². The first-order valence-corrected chi connectivity index (χ1v) is 11.1. The maximum absolute atomic E-state index is 12.4. The van der Waals surface area contributed by atoms with Crippen LogP contribution < -0.4 is 5.32 Å². The highest BCUT2D eigenvalue weighted by Crippen LogP contribution is 2.37. The lowest BCUT2D eigenvalue weighted by Crippen LogP contribution is -2.43. The van der Waals surface area contributed by atoms with Gasteiger partial charge in [-0.25, -0.2) is 8.42 Å². The lowest BCUT2D eigenvalue weighted by atomic mass is 9.80. The summed E-state index contributed by atoms with van der Waals surface area (Å²) in [6.07, 6.45) is 2.39. The molecular formula is C19H20N4O5S. The Labute approximate surface area is 167 Å². The third-order valence-electron chi connectivity index (χ3n) is 5.07. The van der Waals surface area contributed by atoms with Crippen LogP contribution in [0.15, 0.2) is 45.3 Å². The second-order valence-electron chi connectivity index (χ2n) is 7.23. The number of amides is 1. The number of carbonyl (C=O) groups excluding carboxylic acids is 1. The fourth-order valence-electron chi connectivity index (χ4n) is 3.08. The summed E-state index contributed by atoms with van der Waals surface area (Å²) in [6, 6.07) is 11.0. The summed E-state index contributed by atoms with van der Waals surface area (Å²) >= 11 is 0. The smallest absolute Gasteiger partial charge is 0.273 e. The lowest BCUT2D eigenvalue weighted by Gasteiger charge is -2.33. The average Bonchev–Trinajstić information content (AvgIpc) is 3.33. The molecule has 2 heterocycles. The Morgan fingerprint density at radius 3 is 2.62 bits per heavy atom. The molecule has 1 N–H and O–H groups in total. The first-order valence-electron chi connectivity index (χ1n) is 9.16. The summed E-state index contributed by atoms with van der Waals surface area (Å²) in [5.41, 5.74) is 1.06. The van der Waals surface area contributed by atoms with Crippen LogP contribution in [0.4, 0.5) is 0 Å². The molecule has 0 radical (unpaired) electrons. The summed E-state index contributed by atoms with van der Waals surface area (Å²) in [7, 11) is -3.30. The maximum atomic E-state index is 12.4. The Morgan fingerprint density at radius 1 is 1.21 bits per heavy atom. The molecule has 1 fully saturated rings. The van der Waals surface area contributed by atoms with Crippen LogP contribution in [0.1, 0.15) is 53.2 Å². The van der Waals surface area contributed by atoms with Crippen LogP contribution in [0.3, 0.4) is 0 Å². The van der Waals surface area contributed by atoms with Gasteiger partial charge in [0.1, 0.15) is 5.25 Å². The Bertz CT molecular complexity index is 1120. The molecule has 10 heteroatoms. The monoisotopic (exact) mass is 416 g/mol. The number of nitrogens with zero attached hydrogens (tertiary/aromatic N) is 3. The number of hydrogen-bond donors (Lipinski definition) is 1. The second-order valence-corrected chi connectivity index (χ2v) is 9.60. The van der Waals surface area contributed by atoms with E-state index in [2.05, 4.69) is 20.7 Å². The van der Waals surface area contributed by atoms with E-state index in [0.717, 1.165) is 11.8 Å². The Hall–Kier alpha value is -3.01. The van der Waals surface area contributed by atoms with Gasteiger partial charge < -0.3 is 14.3 Å². The zero-order valence-corrected chi connectivity index (χ0v) is 16.7. The zero-order valence-electron chi connectivity index (χ0n) is 15.9. The maximum Gasteiger partial charge on any atom is 0.273 e. The highest BCUT2D eigenvalue weighted by molar-refractivity contribution is 7.90. The van der Waals surface area contributed by atoms with Crippen molar-refractivity contribution in [2.45, 2.75) is 37.0 Å². The molecule has 3 aromatic rings. The molecule has 0 spiro atoms. The number of hydrogen-bond acceptors (Lipinski definition) is 8. The van der Waals surface area contributed by atoms with Gasteiger partial charge in [0.25, 0.3) is 5.91 Å². The topological polar surface area (TPSA) is 128 Å². The molecule has 2 aromatic heterocycles. The number of carbonyl (C=O) groups is 1. The summed E-state index contributed by atoms with van der Waals surface area (Å²) in [6.45, 7) is 1.51. The van der Waals surface area contributed by atoms with E-state index in [4.69, 9.17) is 8.94 Å². The van der Waals surface area contributed by atoms with Crippen molar-refractivity contribution in [2.75, 3.05) is 6.26 Å². The molecule has 0 aliphatic heterocycles. The predicted molar refractivity (Wildman–Crippen MR) is 103 cm³/mol. The van der Waals surface area contributed by atoms with E-state index in [1.165, 1.54) is 6.92 Å². The molecule has 1 aliphatic carbocycles. The van der Waals surface area contributed by atoms with Crippen molar-refractivity contribution in [1.82, 2.24) is 20.7 Å². The Morgan fingerprint density at radius 2 is 1.93 bits per heavy atom. The highest BCUT2D eigenvalue weighted by Gasteiger charge is 2.36. The van der Waals surface area contributed by atoms with Gasteiger partial charge in [0, 0.05) is 29.8 Å². The Kier molecular flexibility index (Phi) is 4.95. The van der Waals surface area contributed by atoms with E-state index >= 15 is 0 Å². The van der Waals surface area contributed by atoms with Gasteiger partial charge in [0.2, 0.25) is 11.8 Å². The van der Waals surface area contributed by atoms with Crippen molar-refractivity contribution in [3.63, 3.8) is 0 Å². The molecule has 1 saturated carbocycles. The average molecular weight is 416 g/mol. The first kappa shape index (κ1) is 19.3. The van der Waals surface area contributed by atoms with Crippen LogP contribution in [0, 0.1) is 0 Å². The standard InChI is InChI=1S/C19H20N4O5S/c1-11(29(2,25)26)18-21-22-19(27-18)13-8-14(9-13)20-17(24)15-10-16(28-23-15)12-6-4-3-5-7-12/h3-7,10-11,13-14H,8-9H2,1-2H3,(H,20,24)/t11-,13?,14?/m1/s1. The van der Waals surface area contributed by atoms with E-state index < -0.39 is 15.1 Å². The minimum absolute atomic E-state index is 0.00880. The first-order chi connectivity index (χ1) is 13.8. The van der Waals surface area contributed by atoms with Crippen molar-refractivity contribution in [1.29, 1.82) is 0 Å². The molecule has 1 amide bonds. The van der Waals surface area contributed by atoms with Gasteiger partial charge in [-0.2, -0.15) is 0 Å². The molecule has 1 atom stereocenters. The highest BCUT2D eigenvalue weighted by atomic mass is 32.2. The molecule has 1 aliphatic rings. The minimum Gasteiger partial charge on any atom is -0.424 e. The van der Waals surface area contributed by atoms with Gasteiger partial charge in [0.05, 0.1) is 0 Å². The van der Waals surface area contributed by atoms with Crippen LogP contribution in [-0.2, 0) is 9.84 Å². The SMILES string of the molecule is C[C@H](c1nnc(C2CC(NC(=O)c3cc(-c4ccccc4)on3)C2)o1)S(C)(=O)=O. The second kappa shape index (κ2) is 7.43. The van der Waals surface area contributed by atoms with Crippen LogP contribution in [-0.4, -0.2) is 42.0 Å². The third kappa shape index (κ3) is 4.07. The van der Waals surface area contributed by atoms with E-state index in [1.807, 2.05) is 30.3 Å². The van der Waals surface area contributed by atoms with E-state index in [-0.39, 0.29) is 29.5 Å². The van der Waals surface area contributed by atoms with Gasteiger partial charge in [0.15, 0.2) is 21.3 Å². The molecular weight excluding hydrogens is 396 g/mol. The molecule has 0 saturated heterocycles. The molecule has 9 nitrogen and oxygen atoms in total. The number of sulfone groups is 1. The summed E-state index contributed by atoms with van der Waals surface area (Å²) < 4.78 is 34.0. The molecule has 0 bridgehead atoms.